The number of hydrogen-bond donors (Lipinski definition) is 3. The predicted octanol–water partition coefficient (Wildman–Crippen LogP) is 3.20. The van der Waals surface area contributed by atoms with E-state index in [0.29, 0.717) is 17.3 Å². The molecule has 0 aliphatic rings. The molecular weight excluding hydrogens is 344 g/mol. The summed E-state index contributed by atoms with van der Waals surface area (Å²) >= 11 is 9.33. The van der Waals surface area contributed by atoms with E-state index in [4.69, 9.17) is 22.5 Å². The lowest BCUT2D eigenvalue weighted by molar-refractivity contribution is 0.318. The first-order valence-corrected chi connectivity index (χ1v) is 6.89. The fourth-order valence-electron chi connectivity index (χ4n) is 1.61. The molecule has 4 N–H and O–H groups in total. The molecule has 7 heteroatoms. The average Bonchev–Trinajstić information content (AvgIpc) is 2.46. The minimum Gasteiger partial charge on any atom is -0.409 e. The van der Waals surface area contributed by atoms with Crippen LogP contribution in [-0.4, -0.2) is 16.0 Å². The number of hydrogen-bond acceptors (Lipinski definition) is 4. The molecule has 0 fully saturated rings. The molecule has 1 aromatic carbocycles. The Morgan fingerprint density at radius 2 is 2.20 bits per heavy atom. The Morgan fingerprint density at radius 1 is 1.40 bits per heavy atom. The van der Waals surface area contributed by atoms with Crippen molar-refractivity contribution in [3.8, 4) is 0 Å². The fraction of sp³-hybridized carbons (Fsp3) is 0.0769. The molecule has 0 unspecified atom stereocenters. The Morgan fingerprint density at radius 3 is 2.90 bits per heavy atom. The summed E-state index contributed by atoms with van der Waals surface area (Å²) in [4.78, 5) is 4.02. The number of halogens is 2. The lowest BCUT2D eigenvalue weighted by Crippen LogP contribution is -2.15. The number of anilines is 1. The van der Waals surface area contributed by atoms with Crippen molar-refractivity contribution in [2.24, 2.45) is 10.9 Å². The largest absolute Gasteiger partial charge is 0.409 e. The number of amidine groups is 1. The zero-order chi connectivity index (χ0) is 14.5. The molecule has 2 rings (SSSR count). The van der Waals surface area contributed by atoms with Crippen LogP contribution in [0.2, 0.25) is 5.02 Å². The number of nitrogens with two attached hydrogens (primary N) is 1. The van der Waals surface area contributed by atoms with Crippen LogP contribution in [-0.2, 0) is 6.54 Å². The van der Waals surface area contributed by atoms with Gasteiger partial charge in [0.1, 0.15) is 5.69 Å². The lowest BCUT2D eigenvalue weighted by Gasteiger charge is -2.09. The topological polar surface area (TPSA) is 83.5 Å². The molecule has 0 radical (unpaired) electrons. The van der Waals surface area contributed by atoms with Crippen LogP contribution in [0.5, 0.6) is 0 Å². The second kappa shape index (κ2) is 6.58. The van der Waals surface area contributed by atoms with E-state index in [9.17, 15) is 0 Å². The molecule has 20 heavy (non-hydrogen) atoms. The maximum absolute atomic E-state index is 8.64. The Balaban J connectivity index is 2.11. The van der Waals surface area contributed by atoms with Gasteiger partial charge in [0.05, 0.1) is 0 Å². The Hall–Kier alpha value is -1.79. The molecule has 0 bridgehead atoms. The van der Waals surface area contributed by atoms with Crippen molar-refractivity contribution >= 4 is 39.1 Å². The average molecular weight is 356 g/mol. The molecule has 0 aliphatic heterocycles. The summed E-state index contributed by atoms with van der Waals surface area (Å²) in [6.45, 7) is 0.578. The van der Waals surface area contributed by atoms with E-state index in [2.05, 4.69) is 31.4 Å². The van der Waals surface area contributed by atoms with Gasteiger partial charge in [-0.1, -0.05) is 16.8 Å². The van der Waals surface area contributed by atoms with Gasteiger partial charge >= 0.3 is 0 Å². The molecule has 0 saturated carbocycles. The van der Waals surface area contributed by atoms with Crippen LogP contribution < -0.4 is 11.1 Å². The van der Waals surface area contributed by atoms with E-state index >= 15 is 0 Å². The van der Waals surface area contributed by atoms with Crippen molar-refractivity contribution in [2.75, 3.05) is 5.32 Å². The van der Waals surface area contributed by atoms with Crippen molar-refractivity contribution in [3.63, 3.8) is 0 Å². The van der Waals surface area contributed by atoms with Gasteiger partial charge in [-0.3, -0.25) is 4.98 Å². The van der Waals surface area contributed by atoms with Crippen molar-refractivity contribution < 1.29 is 5.21 Å². The molecule has 0 spiro atoms. The smallest absolute Gasteiger partial charge is 0.188 e. The number of benzene rings is 1. The normalized spacial score (nSPS) is 11.4. The Bertz CT molecular complexity index is 648. The van der Waals surface area contributed by atoms with Crippen LogP contribution in [0.1, 0.15) is 11.3 Å². The summed E-state index contributed by atoms with van der Waals surface area (Å²) in [6.07, 6.45) is 1.61. The van der Waals surface area contributed by atoms with Gasteiger partial charge in [0.25, 0.3) is 0 Å². The van der Waals surface area contributed by atoms with Crippen LogP contribution in [0, 0.1) is 0 Å². The van der Waals surface area contributed by atoms with Gasteiger partial charge < -0.3 is 16.3 Å². The highest BCUT2D eigenvalue weighted by atomic mass is 79.9. The summed E-state index contributed by atoms with van der Waals surface area (Å²) in [6, 6.07) is 9.12. The van der Waals surface area contributed by atoms with E-state index < -0.39 is 0 Å². The zero-order valence-corrected chi connectivity index (χ0v) is 12.7. The summed E-state index contributed by atoms with van der Waals surface area (Å²) < 4.78 is 0.885. The number of nitrogens with one attached hydrogen (secondary N) is 1. The molecule has 104 valence electrons. The predicted molar refractivity (Wildman–Crippen MR) is 83.2 cm³/mol. The van der Waals surface area contributed by atoms with Crippen molar-refractivity contribution in [2.45, 2.75) is 6.54 Å². The van der Waals surface area contributed by atoms with E-state index in [0.717, 1.165) is 15.7 Å². The highest BCUT2D eigenvalue weighted by Crippen LogP contribution is 2.26. The first-order valence-electron chi connectivity index (χ1n) is 5.72. The molecule has 0 aliphatic carbocycles. The van der Waals surface area contributed by atoms with Gasteiger partial charge in [-0.15, -0.1) is 0 Å². The van der Waals surface area contributed by atoms with Gasteiger partial charge in [0, 0.05) is 27.9 Å². The highest BCUT2D eigenvalue weighted by Gasteiger charge is 2.04. The van der Waals surface area contributed by atoms with Crippen molar-refractivity contribution in [1.82, 2.24) is 4.98 Å². The van der Waals surface area contributed by atoms with Gasteiger partial charge in [0.2, 0.25) is 0 Å². The van der Waals surface area contributed by atoms with E-state index in [1.807, 2.05) is 24.3 Å². The highest BCUT2D eigenvalue weighted by molar-refractivity contribution is 9.10. The maximum atomic E-state index is 8.64. The Kier molecular flexibility index (Phi) is 4.81. The molecule has 1 heterocycles. The van der Waals surface area contributed by atoms with Crippen molar-refractivity contribution in [3.05, 3.63) is 57.3 Å². The summed E-state index contributed by atoms with van der Waals surface area (Å²) in [5, 5.41) is 15.5. The quantitative estimate of drug-likeness (QED) is 0.340. The van der Waals surface area contributed by atoms with Crippen molar-refractivity contribution in [1.29, 1.82) is 0 Å². The van der Waals surface area contributed by atoms with E-state index in [1.165, 1.54) is 0 Å². The third-order valence-corrected chi connectivity index (χ3v) is 3.50. The van der Waals surface area contributed by atoms with Crippen LogP contribution in [0.4, 0.5) is 5.69 Å². The summed E-state index contributed by atoms with van der Waals surface area (Å²) in [5.74, 6) is -0.0143. The molecule has 1 aromatic heterocycles. The minimum atomic E-state index is -0.0143. The number of nitrogens with zero attached hydrogens (tertiary/aromatic N) is 2. The molecule has 2 aromatic rings. The second-order valence-corrected chi connectivity index (χ2v) is 5.30. The van der Waals surface area contributed by atoms with Gasteiger partial charge in [-0.2, -0.15) is 0 Å². The Labute approximate surface area is 129 Å². The molecule has 0 saturated heterocycles. The number of oxime groups is 1. The fourth-order valence-corrected chi connectivity index (χ4v) is 2.43. The second-order valence-electron chi connectivity index (χ2n) is 4.01. The molecular formula is C13H12BrClN4O. The molecule has 0 atom stereocenters. The zero-order valence-electron chi connectivity index (χ0n) is 10.3. The SMILES string of the molecule is N/C(=N/O)c1cc(CNc2ccc(Cl)cc2Br)ccn1. The molecule has 5 nitrogen and oxygen atoms in total. The summed E-state index contributed by atoms with van der Waals surface area (Å²) in [7, 11) is 0. The summed E-state index contributed by atoms with van der Waals surface area (Å²) in [5.41, 5.74) is 7.83. The van der Waals surface area contributed by atoms with Gasteiger partial charge in [0.15, 0.2) is 5.84 Å². The van der Waals surface area contributed by atoms with Crippen LogP contribution in [0.3, 0.4) is 0 Å². The monoisotopic (exact) mass is 354 g/mol. The number of pyridine rings is 1. The van der Waals surface area contributed by atoms with E-state index in [-0.39, 0.29) is 5.84 Å². The number of rotatable bonds is 4. The lowest BCUT2D eigenvalue weighted by atomic mass is 10.2. The standard InChI is InChI=1S/C13H12BrClN4O/c14-10-6-9(15)1-2-11(10)18-7-8-3-4-17-12(5-8)13(16)19-20/h1-6,18,20H,7H2,(H2,16,19). The number of aromatic nitrogens is 1. The van der Waals surface area contributed by atoms with Gasteiger partial charge in [-0.25, -0.2) is 0 Å². The third-order valence-electron chi connectivity index (χ3n) is 2.61. The first-order chi connectivity index (χ1) is 9.60. The van der Waals surface area contributed by atoms with Gasteiger partial charge in [-0.05, 0) is 51.8 Å². The maximum Gasteiger partial charge on any atom is 0.188 e. The van der Waals surface area contributed by atoms with Crippen LogP contribution in [0.15, 0.2) is 46.2 Å². The molecule has 0 amide bonds. The van der Waals surface area contributed by atoms with Crippen LogP contribution >= 0.6 is 27.5 Å². The minimum absolute atomic E-state index is 0.0143. The van der Waals surface area contributed by atoms with Crippen LogP contribution in [0.25, 0.3) is 0 Å². The first kappa shape index (κ1) is 14.6. The third kappa shape index (κ3) is 3.61. The van der Waals surface area contributed by atoms with E-state index in [1.54, 1.807) is 12.3 Å².